The fourth-order valence-electron chi connectivity index (χ4n) is 2.33. The number of aliphatic imine (C=N–C) groups is 1. The van der Waals surface area contributed by atoms with Crippen LogP contribution in [-0.4, -0.2) is 34.2 Å². The molecule has 0 spiro atoms. The molecule has 1 N–H and O–H groups in total. The Labute approximate surface area is 159 Å². The van der Waals surface area contributed by atoms with E-state index in [2.05, 4.69) is 10.3 Å². The summed E-state index contributed by atoms with van der Waals surface area (Å²) < 4.78 is 13.7. The van der Waals surface area contributed by atoms with Gasteiger partial charge in [-0.3, -0.25) is 14.5 Å². The average Bonchev–Trinajstić information content (AvgIpc) is 2.60. The van der Waals surface area contributed by atoms with Gasteiger partial charge in [0.15, 0.2) is 5.17 Å². The van der Waals surface area contributed by atoms with Crippen LogP contribution < -0.4 is 5.32 Å². The lowest BCUT2D eigenvalue weighted by Crippen LogP contribution is -2.43. The second kappa shape index (κ2) is 7.88. The first kappa shape index (κ1) is 18.4. The van der Waals surface area contributed by atoms with Gasteiger partial charge in [0.05, 0.1) is 11.4 Å². The average molecular weight is 392 g/mol. The van der Waals surface area contributed by atoms with Crippen molar-refractivity contribution in [2.24, 2.45) is 4.99 Å². The molecule has 5 nitrogen and oxygen atoms in total. The van der Waals surface area contributed by atoms with Crippen molar-refractivity contribution in [1.82, 2.24) is 4.90 Å². The maximum atomic E-state index is 13.7. The minimum absolute atomic E-state index is 0.00994. The maximum absolute atomic E-state index is 13.7. The molecule has 134 valence electrons. The summed E-state index contributed by atoms with van der Waals surface area (Å²) in [4.78, 5) is 30.5. The summed E-state index contributed by atoms with van der Waals surface area (Å²) in [6.45, 7) is 0. The highest BCUT2D eigenvalue weighted by molar-refractivity contribution is 8.15. The lowest BCUT2D eigenvalue weighted by Gasteiger charge is -2.28. The standard InChI is InChI=1S/C18H15ClFN3O2S/c1-23-16(24)10-15(17(25)22-14-8-3-2-7-13(14)20)26-18(23)21-12-6-4-5-11(19)9-12/h2-9,15H,10H2,1H3,(H,22,25)/t15-/m0/s1. The number of amides is 2. The Morgan fingerprint density at radius 3 is 2.81 bits per heavy atom. The van der Waals surface area contributed by atoms with Crippen LogP contribution in [0.2, 0.25) is 5.02 Å². The number of carbonyl (C=O) groups excluding carboxylic acids is 2. The molecule has 0 aliphatic carbocycles. The molecule has 1 fully saturated rings. The molecule has 3 rings (SSSR count). The lowest BCUT2D eigenvalue weighted by molar-refractivity contribution is -0.128. The fourth-order valence-corrected chi connectivity index (χ4v) is 3.58. The Kier molecular flexibility index (Phi) is 5.58. The van der Waals surface area contributed by atoms with E-state index in [1.54, 1.807) is 37.4 Å². The van der Waals surface area contributed by atoms with Crippen molar-refractivity contribution in [3.8, 4) is 0 Å². The number of amidine groups is 1. The van der Waals surface area contributed by atoms with Gasteiger partial charge in [0.2, 0.25) is 11.8 Å². The van der Waals surface area contributed by atoms with Crippen molar-refractivity contribution in [2.75, 3.05) is 12.4 Å². The zero-order chi connectivity index (χ0) is 18.7. The number of benzene rings is 2. The number of thioether (sulfide) groups is 1. The van der Waals surface area contributed by atoms with Crippen molar-refractivity contribution in [3.05, 3.63) is 59.4 Å². The van der Waals surface area contributed by atoms with E-state index in [0.717, 1.165) is 11.8 Å². The highest BCUT2D eigenvalue weighted by atomic mass is 35.5. The Morgan fingerprint density at radius 1 is 1.31 bits per heavy atom. The third kappa shape index (κ3) is 4.23. The van der Waals surface area contributed by atoms with Crippen LogP contribution in [0.5, 0.6) is 0 Å². The summed E-state index contributed by atoms with van der Waals surface area (Å²) in [5.41, 5.74) is 0.660. The van der Waals surface area contributed by atoms with Gasteiger partial charge in [0.1, 0.15) is 11.1 Å². The normalized spacial score (nSPS) is 18.9. The van der Waals surface area contributed by atoms with Crippen LogP contribution in [0.15, 0.2) is 53.5 Å². The monoisotopic (exact) mass is 391 g/mol. The van der Waals surface area contributed by atoms with E-state index in [9.17, 15) is 14.0 Å². The highest BCUT2D eigenvalue weighted by Gasteiger charge is 2.34. The number of hydrogen-bond donors (Lipinski definition) is 1. The smallest absolute Gasteiger partial charge is 0.238 e. The largest absolute Gasteiger partial charge is 0.323 e. The molecule has 0 aromatic heterocycles. The second-order valence-corrected chi connectivity index (χ2v) is 7.21. The molecular formula is C18H15ClFN3O2S. The van der Waals surface area contributed by atoms with E-state index in [0.29, 0.717) is 15.9 Å². The molecule has 0 saturated carbocycles. The molecule has 1 aliphatic heterocycles. The molecule has 1 heterocycles. The first-order valence-electron chi connectivity index (χ1n) is 7.77. The number of carbonyl (C=O) groups is 2. The van der Waals surface area contributed by atoms with Gasteiger partial charge < -0.3 is 5.32 Å². The molecule has 2 aromatic rings. The van der Waals surface area contributed by atoms with Crippen LogP contribution in [0.3, 0.4) is 0 Å². The van der Waals surface area contributed by atoms with Crippen LogP contribution in [0.25, 0.3) is 0 Å². The highest BCUT2D eigenvalue weighted by Crippen LogP contribution is 2.29. The summed E-state index contributed by atoms with van der Waals surface area (Å²) in [5, 5.41) is 2.74. The fraction of sp³-hybridized carbons (Fsp3) is 0.167. The first-order chi connectivity index (χ1) is 12.4. The Bertz CT molecular complexity index is 890. The van der Waals surface area contributed by atoms with E-state index >= 15 is 0 Å². The van der Waals surface area contributed by atoms with Gasteiger partial charge in [0, 0.05) is 18.5 Å². The molecule has 0 bridgehead atoms. The summed E-state index contributed by atoms with van der Waals surface area (Å²) >= 11 is 7.11. The van der Waals surface area contributed by atoms with Crippen molar-refractivity contribution in [2.45, 2.75) is 11.7 Å². The number of halogens is 2. The first-order valence-corrected chi connectivity index (χ1v) is 9.02. The lowest BCUT2D eigenvalue weighted by atomic mass is 10.2. The summed E-state index contributed by atoms with van der Waals surface area (Å²) in [7, 11) is 1.60. The third-order valence-corrected chi connectivity index (χ3v) is 5.20. The quantitative estimate of drug-likeness (QED) is 0.857. The van der Waals surface area contributed by atoms with Gasteiger partial charge in [0.25, 0.3) is 0 Å². The van der Waals surface area contributed by atoms with Crippen molar-refractivity contribution >= 4 is 51.7 Å². The molecule has 1 aliphatic rings. The predicted molar refractivity (Wildman–Crippen MR) is 102 cm³/mol. The third-order valence-electron chi connectivity index (χ3n) is 3.73. The van der Waals surface area contributed by atoms with Gasteiger partial charge in [-0.1, -0.05) is 41.6 Å². The Hall–Kier alpha value is -2.38. The van der Waals surface area contributed by atoms with E-state index in [4.69, 9.17) is 11.6 Å². The summed E-state index contributed by atoms with van der Waals surface area (Å²) in [6, 6.07) is 12.8. The van der Waals surface area contributed by atoms with E-state index in [1.165, 1.54) is 23.1 Å². The van der Waals surface area contributed by atoms with Gasteiger partial charge in [-0.05, 0) is 30.3 Å². The van der Waals surface area contributed by atoms with Crippen LogP contribution >= 0.6 is 23.4 Å². The zero-order valence-corrected chi connectivity index (χ0v) is 15.4. The number of rotatable bonds is 3. The van der Waals surface area contributed by atoms with E-state index < -0.39 is 17.0 Å². The number of anilines is 1. The van der Waals surface area contributed by atoms with Crippen molar-refractivity contribution in [3.63, 3.8) is 0 Å². The van der Waals surface area contributed by atoms with Gasteiger partial charge >= 0.3 is 0 Å². The van der Waals surface area contributed by atoms with Crippen LogP contribution in [0.1, 0.15) is 6.42 Å². The SMILES string of the molecule is CN1C(=O)C[C@@H](C(=O)Nc2ccccc2F)SC1=Nc1cccc(Cl)c1. The van der Waals surface area contributed by atoms with Crippen molar-refractivity contribution < 1.29 is 14.0 Å². The maximum Gasteiger partial charge on any atom is 0.238 e. The minimum Gasteiger partial charge on any atom is -0.323 e. The molecule has 0 radical (unpaired) electrons. The van der Waals surface area contributed by atoms with Gasteiger partial charge in [-0.2, -0.15) is 0 Å². The molecule has 2 amide bonds. The van der Waals surface area contributed by atoms with E-state index in [1.807, 2.05) is 0 Å². The second-order valence-electron chi connectivity index (χ2n) is 5.61. The molecule has 0 unspecified atom stereocenters. The number of para-hydroxylation sites is 1. The molecular weight excluding hydrogens is 377 g/mol. The Morgan fingerprint density at radius 2 is 2.08 bits per heavy atom. The van der Waals surface area contributed by atoms with E-state index in [-0.39, 0.29) is 18.0 Å². The number of nitrogens with zero attached hydrogens (tertiary/aromatic N) is 2. The zero-order valence-electron chi connectivity index (χ0n) is 13.8. The van der Waals surface area contributed by atoms with Crippen LogP contribution in [0.4, 0.5) is 15.8 Å². The number of hydrogen-bond acceptors (Lipinski definition) is 4. The van der Waals surface area contributed by atoms with Crippen LogP contribution in [-0.2, 0) is 9.59 Å². The Balaban J connectivity index is 1.80. The summed E-state index contributed by atoms with van der Waals surface area (Å²) in [6.07, 6.45) is 0.00994. The topological polar surface area (TPSA) is 61.8 Å². The molecule has 1 saturated heterocycles. The van der Waals surface area contributed by atoms with Gasteiger partial charge in [-0.25, -0.2) is 9.38 Å². The molecule has 1 atom stereocenters. The number of nitrogens with one attached hydrogen (secondary N) is 1. The summed E-state index contributed by atoms with van der Waals surface area (Å²) in [5.74, 6) is -1.21. The molecule has 2 aromatic carbocycles. The van der Waals surface area contributed by atoms with Crippen molar-refractivity contribution in [1.29, 1.82) is 0 Å². The minimum atomic E-state index is -0.698. The predicted octanol–water partition coefficient (Wildman–Crippen LogP) is 4.07. The van der Waals surface area contributed by atoms with Gasteiger partial charge in [-0.15, -0.1) is 0 Å². The molecule has 26 heavy (non-hydrogen) atoms. The molecule has 8 heteroatoms. The van der Waals surface area contributed by atoms with Crippen LogP contribution in [0, 0.1) is 5.82 Å².